The first-order valence-corrected chi connectivity index (χ1v) is 10.6. The van der Waals surface area contributed by atoms with Crippen LogP contribution in [0.2, 0.25) is 0 Å². The van der Waals surface area contributed by atoms with Gasteiger partial charge in [-0.1, -0.05) is 0 Å². The molecule has 2 saturated heterocycles. The summed E-state index contributed by atoms with van der Waals surface area (Å²) in [5.41, 5.74) is -0.0694. The van der Waals surface area contributed by atoms with Crippen LogP contribution in [0.4, 0.5) is 0 Å². The Morgan fingerprint density at radius 1 is 1.18 bits per heavy atom. The lowest BCUT2D eigenvalue weighted by molar-refractivity contribution is -0.131. The molecular weight excluding hydrogens is 300 g/mol. The molecule has 0 N–H and O–H groups in total. The lowest BCUT2D eigenvalue weighted by Crippen LogP contribution is -2.48. The summed E-state index contributed by atoms with van der Waals surface area (Å²) in [5.74, 6) is 1.15. The Labute approximate surface area is 134 Å². The van der Waals surface area contributed by atoms with Crippen LogP contribution in [0.3, 0.4) is 0 Å². The molecule has 1 amide bonds. The normalized spacial score (nSPS) is 31.0. The lowest BCUT2D eigenvalue weighted by Gasteiger charge is -2.38. The molecule has 1 unspecified atom stereocenters. The van der Waals surface area contributed by atoms with Gasteiger partial charge < -0.3 is 9.80 Å². The second-order valence-corrected chi connectivity index (χ2v) is 9.76. The number of amides is 1. The van der Waals surface area contributed by atoms with Crippen LogP contribution >= 0.6 is 0 Å². The van der Waals surface area contributed by atoms with Crippen molar-refractivity contribution in [3.63, 3.8) is 0 Å². The molecule has 1 atom stereocenters. The van der Waals surface area contributed by atoms with Gasteiger partial charge in [-0.15, -0.1) is 0 Å². The highest BCUT2D eigenvalue weighted by Gasteiger charge is 2.45. The average Bonchev–Trinajstić information content (AvgIpc) is 3.21. The van der Waals surface area contributed by atoms with E-state index in [9.17, 15) is 13.2 Å². The summed E-state index contributed by atoms with van der Waals surface area (Å²) < 4.78 is 22.9. The molecule has 2 heterocycles. The molecule has 0 aromatic carbocycles. The summed E-state index contributed by atoms with van der Waals surface area (Å²) in [6, 6.07) is 0. The molecule has 1 saturated carbocycles. The second-order valence-electron chi connectivity index (χ2n) is 7.50. The van der Waals surface area contributed by atoms with Crippen LogP contribution in [0, 0.1) is 5.92 Å². The van der Waals surface area contributed by atoms with Crippen molar-refractivity contribution in [2.75, 3.05) is 38.2 Å². The van der Waals surface area contributed by atoms with Gasteiger partial charge in [-0.2, -0.15) is 0 Å². The quantitative estimate of drug-likeness (QED) is 0.763. The SMILES string of the molecule is CS(=O)(=O)CCN1C(=O)CCC12CCCN(CC1CC1)CC2. The minimum Gasteiger partial charge on any atom is -0.336 e. The van der Waals surface area contributed by atoms with E-state index in [2.05, 4.69) is 4.90 Å². The summed E-state index contributed by atoms with van der Waals surface area (Å²) in [4.78, 5) is 16.7. The summed E-state index contributed by atoms with van der Waals surface area (Å²) in [6.45, 7) is 3.78. The van der Waals surface area contributed by atoms with Crippen molar-refractivity contribution in [3.8, 4) is 0 Å². The molecule has 0 aromatic rings. The fraction of sp³-hybridized carbons (Fsp3) is 0.938. The third kappa shape index (κ3) is 3.82. The van der Waals surface area contributed by atoms with Crippen molar-refractivity contribution in [2.24, 2.45) is 5.92 Å². The Morgan fingerprint density at radius 2 is 1.95 bits per heavy atom. The van der Waals surface area contributed by atoms with E-state index in [4.69, 9.17) is 0 Å². The van der Waals surface area contributed by atoms with Crippen LogP contribution in [0.25, 0.3) is 0 Å². The van der Waals surface area contributed by atoms with E-state index in [0.717, 1.165) is 44.7 Å². The summed E-state index contributed by atoms with van der Waals surface area (Å²) in [7, 11) is -3.02. The van der Waals surface area contributed by atoms with E-state index < -0.39 is 9.84 Å². The van der Waals surface area contributed by atoms with Gasteiger partial charge in [0.15, 0.2) is 0 Å². The van der Waals surface area contributed by atoms with Crippen molar-refractivity contribution in [1.82, 2.24) is 9.80 Å². The number of nitrogens with zero attached hydrogens (tertiary/aromatic N) is 2. The first kappa shape index (κ1) is 16.2. The number of sulfone groups is 1. The van der Waals surface area contributed by atoms with E-state index >= 15 is 0 Å². The smallest absolute Gasteiger partial charge is 0.223 e. The predicted molar refractivity (Wildman–Crippen MR) is 86.4 cm³/mol. The van der Waals surface area contributed by atoms with Crippen molar-refractivity contribution < 1.29 is 13.2 Å². The fourth-order valence-corrected chi connectivity index (χ4v) is 4.61. The first-order valence-electron chi connectivity index (χ1n) is 8.59. The third-order valence-electron chi connectivity index (χ3n) is 5.59. The Kier molecular flexibility index (Phi) is 4.52. The Morgan fingerprint density at radius 3 is 2.64 bits per heavy atom. The van der Waals surface area contributed by atoms with Gasteiger partial charge in [-0.25, -0.2) is 8.42 Å². The van der Waals surface area contributed by atoms with Crippen molar-refractivity contribution in [1.29, 1.82) is 0 Å². The third-order valence-corrected chi connectivity index (χ3v) is 6.51. The molecule has 0 radical (unpaired) electrons. The molecule has 5 nitrogen and oxygen atoms in total. The van der Waals surface area contributed by atoms with Gasteiger partial charge in [0.05, 0.1) is 5.75 Å². The lowest BCUT2D eigenvalue weighted by atomic mass is 9.88. The van der Waals surface area contributed by atoms with E-state index in [1.807, 2.05) is 4.90 Å². The standard InChI is InChI=1S/C16H28N2O3S/c1-22(20,21)12-11-18-15(19)5-7-16(18)6-2-9-17(10-8-16)13-14-3-4-14/h14H,2-13H2,1H3. The maximum absolute atomic E-state index is 12.3. The van der Waals surface area contributed by atoms with Crippen LogP contribution in [0.15, 0.2) is 0 Å². The highest BCUT2D eigenvalue weighted by molar-refractivity contribution is 7.90. The number of likely N-dealkylation sites (tertiary alicyclic amines) is 2. The fourth-order valence-electron chi connectivity index (χ4n) is 4.10. The predicted octanol–water partition coefficient (Wildman–Crippen LogP) is 1.29. The zero-order valence-corrected chi connectivity index (χ0v) is 14.4. The second kappa shape index (κ2) is 6.11. The van der Waals surface area contributed by atoms with Crippen molar-refractivity contribution >= 4 is 15.7 Å². The van der Waals surface area contributed by atoms with Gasteiger partial charge in [-0.05, 0) is 51.0 Å². The van der Waals surface area contributed by atoms with Crippen molar-refractivity contribution in [3.05, 3.63) is 0 Å². The minimum absolute atomic E-state index is 0.0694. The van der Waals surface area contributed by atoms with Crippen LogP contribution in [0.5, 0.6) is 0 Å². The number of hydrogen-bond acceptors (Lipinski definition) is 4. The zero-order valence-electron chi connectivity index (χ0n) is 13.6. The summed E-state index contributed by atoms with van der Waals surface area (Å²) in [5, 5.41) is 0. The van der Waals surface area contributed by atoms with E-state index in [1.54, 1.807) is 0 Å². The van der Waals surface area contributed by atoms with Gasteiger partial charge in [0, 0.05) is 37.8 Å². The summed E-state index contributed by atoms with van der Waals surface area (Å²) in [6.07, 6.45) is 8.67. The van der Waals surface area contributed by atoms with Gasteiger partial charge >= 0.3 is 0 Å². The molecule has 2 aliphatic heterocycles. The molecular formula is C16H28N2O3S. The molecule has 3 rings (SSSR count). The highest BCUT2D eigenvalue weighted by Crippen LogP contribution is 2.39. The zero-order chi connectivity index (χ0) is 15.8. The van der Waals surface area contributed by atoms with Gasteiger partial charge in [-0.3, -0.25) is 4.79 Å². The largest absolute Gasteiger partial charge is 0.336 e. The molecule has 3 fully saturated rings. The van der Waals surface area contributed by atoms with Crippen LogP contribution < -0.4 is 0 Å². The molecule has 0 bridgehead atoms. The van der Waals surface area contributed by atoms with E-state index in [-0.39, 0.29) is 17.2 Å². The Hall–Kier alpha value is -0.620. The van der Waals surface area contributed by atoms with Crippen LogP contribution in [-0.4, -0.2) is 67.9 Å². The molecule has 126 valence electrons. The van der Waals surface area contributed by atoms with Crippen molar-refractivity contribution in [2.45, 2.75) is 50.5 Å². The molecule has 1 spiro atoms. The molecule has 0 aromatic heterocycles. The summed E-state index contributed by atoms with van der Waals surface area (Å²) >= 11 is 0. The minimum atomic E-state index is -3.02. The van der Waals surface area contributed by atoms with E-state index in [1.165, 1.54) is 25.6 Å². The number of hydrogen-bond donors (Lipinski definition) is 0. The Balaban J connectivity index is 1.65. The van der Waals surface area contributed by atoms with Gasteiger partial charge in [0.2, 0.25) is 5.91 Å². The van der Waals surface area contributed by atoms with Crippen LogP contribution in [0.1, 0.15) is 44.9 Å². The highest BCUT2D eigenvalue weighted by atomic mass is 32.2. The maximum atomic E-state index is 12.3. The average molecular weight is 328 g/mol. The van der Waals surface area contributed by atoms with E-state index in [0.29, 0.717) is 13.0 Å². The molecule has 6 heteroatoms. The topological polar surface area (TPSA) is 57.7 Å². The molecule has 1 aliphatic carbocycles. The van der Waals surface area contributed by atoms with Crippen LogP contribution in [-0.2, 0) is 14.6 Å². The number of rotatable bonds is 5. The number of carbonyl (C=O) groups excluding carboxylic acids is 1. The van der Waals surface area contributed by atoms with Gasteiger partial charge in [0.25, 0.3) is 0 Å². The number of carbonyl (C=O) groups is 1. The monoisotopic (exact) mass is 328 g/mol. The van der Waals surface area contributed by atoms with Gasteiger partial charge in [0.1, 0.15) is 9.84 Å². The Bertz CT molecular complexity index is 530. The maximum Gasteiger partial charge on any atom is 0.223 e. The molecule has 22 heavy (non-hydrogen) atoms. The molecule has 3 aliphatic rings. The first-order chi connectivity index (χ1) is 10.4.